The Balaban J connectivity index is 1.98. The van der Waals surface area contributed by atoms with Crippen molar-refractivity contribution in [3.8, 4) is 23.6 Å². The van der Waals surface area contributed by atoms with Gasteiger partial charge in [-0.2, -0.15) is 10.5 Å². The van der Waals surface area contributed by atoms with Crippen LogP contribution in [0.4, 0.5) is 5.69 Å². The number of rotatable bonds is 5. The molecular weight excluding hydrogens is 278 g/mol. The number of hydrogen-bond acceptors (Lipinski definition) is 4. The van der Waals surface area contributed by atoms with Gasteiger partial charge in [0.15, 0.2) is 0 Å². The van der Waals surface area contributed by atoms with Crippen molar-refractivity contribution in [2.45, 2.75) is 12.8 Å². The van der Waals surface area contributed by atoms with E-state index < -0.39 is 0 Å². The van der Waals surface area contributed by atoms with E-state index in [0.717, 1.165) is 5.56 Å². The molecule has 1 N–H and O–H groups in total. The zero-order valence-corrected chi connectivity index (χ0v) is 11.7. The fraction of sp³-hybridized carbons (Fsp3) is 0.118. The van der Waals surface area contributed by atoms with E-state index in [-0.39, 0.29) is 12.3 Å². The minimum atomic E-state index is -0.343. The lowest BCUT2D eigenvalue weighted by molar-refractivity contribution is -0.115. The van der Waals surface area contributed by atoms with Crippen molar-refractivity contribution in [2.75, 3.05) is 5.32 Å². The van der Waals surface area contributed by atoms with Gasteiger partial charge in [-0.05, 0) is 42.0 Å². The number of carbonyl (C=O) groups excluding carboxylic acids is 1. The molecule has 0 aliphatic rings. The monoisotopic (exact) mass is 291 g/mol. The molecule has 0 aromatic heterocycles. The first-order valence-corrected chi connectivity index (χ1v) is 6.62. The minimum absolute atomic E-state index is 0.173. The molecule has 0 bridgehead atoms. The van der Waals surface area contributed by atoms with E-state index in [0.29, 0.717) is 23.6 Å². The molecule has 108 valence electrons. The third kappa shape index (κ3) is 4.36. The largest absolute Gasteiger partial charge is 0.457 e. The summed E-state index contributed by atoms with van der Waals surface area (Å²) in [5, 5.41) is 19.7. The van der Waals surface area contributed by atoms with Gasteiger partial charge in [-0.15, -0.1) is 0 Å². The summed E-state index contributed by atoms with van der Waals surface area (Å²) in [6, 6.07) is 18.0. The average Bonchev–Trinajstić information content (AvgIpc) is 2.52. The van der Waals surface area contributed by atoms with E-state index >= 15 is 0 Å². The van der Waals surface area contributed by atoms with Gasteiger partial charge in [-0.25, -0.2) is 0 Å². The Bertz CT molecular complexity index is 722. The Morgan fingerprint density at radius 3 is 2.09 bits per heavy atom. The molecule has 22 heavy (non-hydrogen) atoms. The molecule has 5 nitrogen and oxygen atoms in total. The van der Waals surface area contributed by atoms with Gasteiger partial charge >= 0.3 is 0 Å². The summed E-state index contributed by atoms with van der Waals surface area (Å²) in [4.78, 5) is 11.3. The fourth-order valence-corrected chi connectivity index (χ4v) is 1.79. The fourth-order valence-electron chi connectivity index (χ4n) is 1.79. The first kappa shape index (κ1) is 15.1. The van der Waals surface area contributed by atoms with Crippen LogP contribution in [0.15, 0.2) is 48.5 Å². The maximum atomic E-state index is 11.3. The van der Waals surface area contributed by atoms with Crippen LogP contribution in [0.25, 0.3) is 0 Å². The van der Waals surface area contributed by atoms with E-state index in [9.17, 15) is 4.79 Å². The van der Waals surface area contributed by atoms with Crippen molar-refractivity contribution >= 4 is 11.6 Å². The molecule has 0 spiro atoms. The summed E-state index contributed by atoms with van der Waals surface area (Å²) in [5.74, 6) is 0.957. The maximum Gasteiger partial charge on any atom is 0.238 e. The molecule has 2 aromatic rings. The van der Waals surface area contributed by atoms with E-state index in [1.807, 2.05) is 12.1 Å². The van der Waals surface area contributed by atoms with Crippen LogP contribution in [0.3, 0.4) is 0 Å². The topological polar surface area (TPSA) is 85.9 Å². The highest BCUT2D eigenvalue weighted by atomic mass is 16.5. The molecule has 0 aliphatic carbocycles. The van der Waals surface area contributed by atoms with Crippen molar-refractivity contribution in [2.24, 2.45) is 0 Å². The molecular formula is C17H13N3O2. The van der Waals surface area contributed by atoms with Gasteiger partial charge in [0.05, 0.1) is 18.6 Å². The Hall–Kier alpha value is -3.31. The summed E-state index contributed by atoms with van der Waals surface area (Å²) in [6.07, 6.45) is 0.199. The molecule has 2 rings (SSSR count). The average molecular weight is 291 g/mol. The normalized spacial score (nSPS) is 9.36. The van der Waals surface area contributed by atoms with Crippen LogP contribution < -0.4 is 10.1 Å². The summed E-state index contributed by atoms with van der Waals surface area (Å²) in [5.41, 5.74) is 1.54. The Morgan fingerprint density at radius 1 is 0.955 bits per heavy atom. The van der Waals surface area contributed by atoms with Crippen molar-refractivity contribution in [3.63, 3.8) is 0 Å². The Morgan fingerprint density at radius 2 is 1.55 bits per heavy atom. The lowest BCUT2D eigenvalue weighted by atomic mass is 10.2. The second kappa shape index (κ2) is 7.47. The lowest BCUT2D eigenvalue weighted by Gasteiger charge is -2.07. The van der Waals surface area contributed by atoms with Crippen molar-refractivity contribution in [1.29, 1.82) is 10.5 Å². The van der Waals surface area contributed by atoms with Gasteiger partial charge in [0, 0.05) is 5.69 Å². The molecule has 0 fully saturated rings. The molecule has 1 amide bonds. The Labute approximate surface area is 128 Å². The van der Waals surface area contributed by atoms with E-state index in [1.165, 1.54) is 0 Å². The van der Waals surface area contributed by atoms with Gasteiger partial charge in [-0.1, -0.05) is 12.1 Å². The summed E-state index contributed by atoms with van der Waals surface area (Å²) >= 11 is 0. The van der Waals surface area contributed by atoms with Crippen molar-refractivity contribution in [3.05, 3.63) is 54.1 Å². The zero-order chi connectivity index (χ0) is 15.8. The number of nitrogens with zero attached hydrogens (tertiary/aromatic N) is 2. The summed E-state index contributed by atoms with van der Waals surface area (Å²) in [6.45, 7) is 0. The highest BCUT2D eigenvalue weighted by molar-refractivity contribution is 5.92. The number of nitrogens with one attached hydrogen (secondary N) is 1. The summed E-state index contributed by atoms with van der Waals surface area (Å²) < 4.78 is 5.67. The van der Waals surface area contributed by atoms with E-state index in [1.54, 1.807) is 42.5 Å². The predicted octanol–water partition coefficient (Wildman–Crippen LogP) is 3.40. The highest BCUT2D eigenvalue weighted by Crippen LogP contribution is 2.23. The molecule has 0 unspecified atom stereocenters. The molecule has 2 aromatic carbocycles. The number of amides is 1. The second-order valence-corrected chi connectivity index (χ2v) is 4.49. The highest BCUT2D eigenvalue weighted by Gasteiger charge is 2.02. The van der Waals surface area contributed by atoms with Gasteiger partial charge in [-0.3, -0.25) is 4.79 Å². The molecule has 0 atom stereocenters. The second-order valence-electron chi connectivity index (χ2n) is 4.49. The number of anilines is 1. The molecule has 0 saturated heterocycles. The molecule has 0 saturated carbocycles. The predicted molar refractivity (Wildman–Crippen MR) is 81.1 cm³/mol. The third-order valence-corrected chi connectivity index (χ3v) is 2.82. The Kier molecular flexibility index (Phi) is 5.12. The number of carbonyl (C=O) groups is 1. The van der Waals surface area contributed by atoms with Crippen LogP contribution in [-0.2, 0) is 11.2 Å². The number of benzene rings is 2. The van der Waals surface area contributed by atoms with Gasteiger partial charge in [0.2, 0.25) is 5.91 Å². The minimum Gasteiger partial charge on any atom is -0.457 e. The first-order chi connectivity index (χ1) is 10.7. The van der Waals surface area contributed by atoms with E-state index in [2.05, 4.69) is 11.4 Å². The van der Waals surface area contributed by atoms with Crippen LogP contribution in [-0.4, -0.2) is 5.91 Å². The van der Waals surface area contributed by atoms with Crippen LogP contribution in [0, 0.1) is 22.7 Å². The molecule has 0 radical (unpaired) electrons. The first-order valence-electron chi connectivity index (χ1n) is 6.62. The van der Waals surface area contributed by atoms with Crippen molar-refractivity contribution in [1.82, 2.24) is 0 Å². The van der Waals surface area contributed by atoms with Gasteiger partial charge in [0.25, 0.3) is 0 Å². The third-order valence-electron chi connectivity index (χ3n) is 2.82. The molecule has 0 heterocycles. The van der Waals surface area contributed by atoms with Crippen molar-refractivity contribution < 1.29 is 9.53 Å². The lowest BCUT2D eigenvalue weighted by Crippen LogP contribution is -2.09. The van der Waals surface area contributed by atoms with Gasteiger partial charge in [0.1, 0.15) is 17.9 Å². The van der Waals surface area contributed by atoms with E-state index in [4.69, 9.17) is 15.3 Å². The number of hydrogen-bond donors (Lipinski definition) is 1. The standard InChI is InChI=1S/C17H13N3O2/c18-11-9-13-1-5-15(6-2-13)22-16-7-3-14(4-8-16)20-17(21)10-12-19/h1-8H,9-10H2,(H,20,21). The molecule has 5 heteroatoms. The maximum absolute atomic E-state index is 11.3. The van der Waals surface area contributed by atoms with Gasteiger partial charge < -0.3 is 10.1 Å². The zero-order valence-electron chi connectivity index (χ0n) is 11.7. The van der Waals surface area contributed by atoms with Crippen LogP contribution >= 0.6 is 0 Å². The van der Waals surface area contributed by atoms with Crippen LogP contribution in [0.1, 0.15) is 12.0 Å². The van der Waals surface area contributed by atoms with Crippen LogP contribution in [0.5, 0.6) is 11.5 Å². The SMILES string of the molecule is N#CCC(=O)Nc1ccc(Oc2ccc(CC#N)cc2)cc1. The quantitative estimate of drug-likeness (QED) is 0.914. The summed E-state index contributed by atoms with van der Waals surface area (Å²) in [7, 11) is 0. The van der Waals surface area contributed by atoms with Crippen LogP contribution in [0.2, 0.25) is 0 Å². The molecule has 0 aliphatic heterocycles. The number of nitriles is 2. The number of ether oxygens (including phenoxy) is 1. The smallest absolute Gasteiger partial charge is 0.238 e.